The Balaban J connectivity index is 1.39. The van der Waals surface area contributed by atoms with Crippen molar-refractivity contribution in [2.75, 3.05) is 14.2 Å². The van der Waals surface area contributed by atoms with Crippen LogP contribution in [0.2, 0.25) is 0 Å². The molecule has 0 radical (unpaired) electrons. The number of amides is 1. The summed E-state index contributed by atoms with van der Waals surface area (Å²) < 4.78 is 10.5. The second kappa shape index (κ2) is 8.94. The highest BCUT2D eigenvalue weighted by Gasteiger charge is 2.30. The van der Waals surface area contributed by atoms with Gasteiger partial charge in [-0.15, -0.1) is 0 Å². The van der Waals surface area contributed by atoms with Crippen LogP contribution < -0.4 is 25.8 Å². The quantitative estimate of drug-likeness (QED) is 0.435. The number of rotatable bonds is 6. The lowest BCUT2D eigenvalue weighted by Crippen LogP contribution is -2.41. The van der Waals surface area contributed by atoms with Crippen LogP contribution in [0.4, 0.5) is 0 Å². The van der Waals surface area contributed by atoms with E-state index >= 15 is 0 Å². The first-order chi connectivity index (χ1) is 14.7. The fourth-order valence-electron chi connectivity index (χ4n) is 3.67. The molecule has 0 saturated carbocycles. The summed E-state index contributed by atoms with van der Waals surface area (Å²) in [5.74, 6) is 1.05. The number of ether oxygens (including phenoxy) is 2. The maximum absolute atomic E-state index is 12.5. The lowest BCUT2D eigenvalue weighted by atomic mass is 9.96. The number of carbonyl (C=O) groups is 1. The number of fused-ring (bicyclic) bond motifs is 1. The molecule has 1 amide bonds. The number of benzene rings is 3. The predicted molar refractivity (Wildman–Crippen MR) is 117 cm³/mol. The van der Waals surface area contributed by atoms with E-state index in [0.717, 1.165) is 5.56 Å². The lowest BCUT2D eigenvalue weighted by Gasteiger charge is -2.13. The van der Waals surface area contributed by atoms with Gasteiger partial charge in [0.2, 0.25) is 0 Å². The molecule has 1 aliphatic heterocycles. The summed E-state index contributed by atoms with van der Waals surface area (Å²) in [5, 5.41) is 6.45. The van der Waals surface area contributed by atoms with Crippen molar-refractivity contribution < 1.29 is 14.3 Å². The molecule has 3 aromatic carbocycles. The van der Waals surface area contributed by atoms with Crippen molar-refractivity contribution in [2.45, 2.75) is 18.5 Å². The van der Waals surface area contributed by atoms with Crippen LogP contribution in [0, 0.1) is 0 Å². The highest BCUT2D eigenvalue weighted by Crippen LogP contribution is 2.29. The van der Waals surface area contributed by atoms with E-state index in [2.05, 4.69) is 45.6 Å². The van der Waals surface area contributed by atoms with Crippen molar-refractivity contribution in [3.05, 3.63) is 71.8 Å². The summed E-state index contributed by atoms with van der Waals surface area (Å²) in [6, 6.07) is 19.6. The van der Waals surface area contributed by atoms with Gasteiger partial charge in [-0.25, -0.2) is 16.3 Å². The Hall–Kier alpha value is -3.42. The molecule has 2 unspecified atom stereocenters. The van der Waals surface area contributed by atoms with E-state index in [-0.39, 0.29) is 18.0 Å². The molecule has 1 aliphatic rings. The molecule has 0 spiro atoms. The third kappa shape index (κ3) is 4.12. The molecular weight excluding hydrogens is 380 g/mol. The van der Waals surface area contributed by atoms with E-state index in [1.165, 1.54) is 16.3 Å². The molecule has 0 bridgehead atoms. The number of nitrogens with one attached hydrogen (secondary N) is 3. The molecule has 1 fully saturated rings. The first-order valence-electron chi connectivity index (χ1n) is 9.73. The Morgan fingerprint density at radius 1 is 1.03 bits per heavy atom. The minimum Gasteiger partial charge on any atom is -0.493 e. The second-order valence-electron chi connectivity index (χ2n) is 7.05. The Bertz CT molecular complexity index is 1080. The molecule has 7 nitrogen and oxygen atoms in total. The van der Waals surface area contributed by atoms with E-state index in [1.807, 2.05) is 24.3 Å². The monoisotopic (exact) mass is 404 g/mol. The summed E-state index contributed by atoms with van der Waals surface area (Å²) in [4.78, 5) is 12.5. The Kier molecular flexibility index (Phi) is 5.92. The molecule has 3 N–H and O–H groups in total. The predicted octanol–water partition coefficient (Wildman–Crippen LogP) is 2.91. The number of methoxy groups -OCH3 is 2. The normalized spacial score (nSPS) is 18.6. The number of carbonyl (C=O) groups excluding carboxylic acids is 1. The highest BCUT2D eigenvalue weighted by molar-refractivity contribution is 5.87. The Morgan fingerprint density at radius 2 is 1.83 bits per heavy atom. The SMILES string of the molecule is COc1ccc(/C=N/NC(=O)C2CC(c3cccc4ccccc34)NN2)cc1OC. The van der Waals surface area contributed by atoms with Gasteiger partial charge >= 0.3 is 0 Å². The van der Waals surface area contributed by atoms with Crippen LogP contribution in [-0.2, 0) is 4.79 Å². The molecule has 3 aromatic rings. The number of hydrogen-bond acceptors (Lipinski definition) is 6. The van der Waals surface area contributed by atoms with Gasteiger partial charge < -0.3 is 9.47 Å². The van der Waals surface area contributed by atoms with Gasteiger partial charge in [-0.1, -0.05) is 42.5 Å². The fourth-order valence-corrected chi connectivity index (χ4v) is 3.67. The fraction of sp³-hybridized carbons (Fsp3) is 0.217. The van der Waals surface area contributed by atoms with Crippen molar-refractivity contribution in [3.8, 4) is 11.5 Å². The first kappa shape index (κ1) is 19.9. The van der Waals surface area contributed by atoms with Crippen molar-refractivity contribution >= 4 is 22.9 Å². The summed E-state index contributed by atoms with van der Waals surface area (Å²) in [6.45, 7) is 0. The molecule has 154 valence electrons. The van der Waals surface area contributed by atoms with E-state index in [0.29, 0.717) is 17.9 Å². The molecule has 1 saturated heterocycles. The largest absolute Gasteiger partial charge is 0.493 e. The molecule has 2 atom stereocenters. The summed E-state index contributed by atoms with van der Waals surface area (Å²) >= 11 is 0. The van der Waals surface area contributed by atoms with Gasteiger partial charge in [0.05, 0.1) is 20.4 Å². The average Bonchev–Trinajstić information content (AvgIpc) is 3.28. The van der Waals surface area contributed by atoms with Gasteiger partial charge in [-0.3, -0.25) is 4.79 Å². The second-order valence-corrected chi connectivity index (χ2v) is 7.05. The van der Waals surface area contributed by atoms with Crippen LogP contribution in [0.25, 0.3) is 10.8 Å². The molecule has 30 heavy (non-hydrogen) atoms. The van der Waals surface area contributed by atoms with Crippen molar-refractivity contribution in [1.82, 2.24) is 16.3 Å². The van der Waals surface area contributed by atoms with Crippen LogP contribution in [0.5, 0.6) is 11.5 Å². The molecule has 0 aromatic heterocycles. The maximum Gasteiger partial charge on any atom is 0.258 e. The maximum atomic E-state index is 12.5. The van der Waals surface area contributed by atoms with E-state index in [1.54, 1.807) is 32.6 Å². The number of hydrazone groups is 1. The third-order valence-corrected chi connectivity index (χ3v) is 5.21. The zero-order valence-corrected chi connectivity index (χ0v) is 16.9. The zero-order valence-electron chi connectivity index (χ0n) is 16.9. The van der Waals surface area contributed by atoms with E-state index in [4.69, 9.17) is 9.47 Å². The number of hydrogen-bond donors (Lipinski definition) is 3. The lowest BCUT2D eigenvalue weighted by molar-refractivity contribution is -0.122. The average molecular weight is 404 g/mol. The molecule has 0 aliphatic carbocycles. The molecule has 1 heterocycles. The minimum atomic E-state index is -0.378. The van der Waals surface area contributed by atoms with Crippen LogP contribution in [0.15, 0.2) is 65.8 Å². The molecule has 4 rings (SSSR count). The third-order valence-electron chi connectivity index (χ3n) is 5.21. The summed E-state index contributed by atoms with van der Waals surface area (Å²) in [7, 11) is 3.16. The molecule has 7 heteroatoms. The van der Waals surface area contributed by atoms with E-state index in [9.17, 15) is 4.79 Å². The van der Waals surface area contributed by atoms with Crippen molar-refractivity contribution in [2.24, 2.45) is 5.10 Å². The topological polar surface area (TPSA) is 84.0 Å². The molecular formula is C23H24N4O3. The highest BCUT2D eigenvalue weighted by atomic mass is 16.5. The standard InChI is InChI=1S/C23H24N4O3/c1-29-21-11-10-15(12-22(21)30-2)14-24-27-23(28)20-13-19(25-26-20)18-9-5-7-16-6-3-4-8-17(16)18/h3-12,14,19-20,25-26H,13H2,1-2H3,(H,27,28)/b24-14+. The zero-order chi connectivity index (χ0) is 20.9. The van der Waals surface area contributed by atoms with Crippen molar-refractivity contribution in [1.29, 1.82) is 0 Å². The number of hydrazine groups is 1. The van der Waals surface area contributed by atoms with Crippen LogP contribution in [0.1, 0.15) is 23.6 Å². The van der Waals surface area contributed by atoms with Crippen LogP contribution in [-0.4, -0.2) is 32.4 Å². The van der Waals surface area contributed by atoms with Gasteiger partial charge in [0.25, 0.3) is 5.91 Å². The first-order valence-corrected chi connectivity index (χ1v) is 9.73. The van der Waals surface area contributed by atoms with Gasteiger partial charge in [-0.2, -0.15) is 5.10 Å². The smallest absolute Gasteiger partial charge is 0.258 e. The van der Waals surface area contributed by atoms with Gasteiger partial charge in [0.15, 0.2) is 11.5 Å². The van der Waals surface area contributed by atoms with Gasteiger partial charge in [0.1, 0.15) is 6.04 Å². The van der Waals surface area contributed by atoms with E-state index < -0.39 is 0 Å². The Morgan fingerprint density at radius 3 is 2.67 bits per heavy atom. The van der Waals surface area contributed by atoms with Crippen LogP contribution >= 0.6 is 0 Å². The van der Waals surface area contributed by atoms with Crippen LogP contribution in [0.3, 0.4) is 0 Å². The Labute approximate surface area is 175 Å². The van der Waals surface area contributed by atoms with Gasteiger partial charge in [-0.05, 0) is 46.5 Å². The summed E-state index contributed by atoms with van der Waals surface area (Å²) in [5.41, 5.74) is 10.9. The van der Waals surface area contributed by atoms with Gasteiger partial charge in [0, 0.05) is 6.04 Å². The summed E-state index contributed by atoms with van der Waals surface area (Å²) in [6.07, 6.45) is 2.20. The minimum absolute atomic E-state index is 0.0432. The number of nitrogens with zero attached hydrogens (tertiary/aromatic N) is 1. The van der Waals surface area contributed by atoms with Crippen molar-refractivity contribution in [3.63, 3.8) is 0 Å².